The highest BCUT2D eigenvalue weighted by atomic mass is 31.2. The maximum absolute atomic E-state index is 13.0. The van der Waals surface area contributed by atoms with Crippen LogP contribution in [0.25, 0.3) is 0 Å². The minimum absolute atomic E-state index is 0.0775. The number of hydrogen-bond donors (Lipinski definition) is 1. The summed E-state index contributed by atoms with van der Waals surface area (Å²) >= 11 is 0. The van der Waals surface area contributed by atoms with Crippen molar-refractivity contribution < 1.29 is 38.6 Å². The van der Waals surface area contributed by atoms with Crippen molar-refractivity contribution in [3.05, 3.63) is 0 Å². The van der Waals surface area contributed by atoms with Gasteiger partial charge in [-0.15, -0.1) is 0 Å². The summed E-state index contributed by atoms with van der Waals surface area (Å²) in [7, 11) is -4.56. The first-order valence-corrected chi connectivity index (χ1v) is 24.5. The Morgan fingerprint density at radius 3 is 1.27 bits per heavy atom. The number of carbonyl (C=O) groups is 2. The van der Waals surface area contributed by atoms with Crippen LogP contribution in [-0.4, -0.2) is 37.6 Å². The molecule has 3 N–H and O–H groups in total. The van der Waals surface area contributed by atoms with Gasteiger partial charge < -0.3 is 24.4 Å². The Hall–Kier alpha value is -0.790. The van der Waals surface area contributed by atoms with Crippen molar-refractivity contribution in [1.29, 1.82) is 0 Å². The molecule has 0 aromatic heterocycles. The molecule has 328 valence electrons. The standard InChI is InChI=1S/C46H92NO7P/c1-36(2)17-11-19-38(5)21-13-23-40(7)25-15-27-42(9)33-44(48)29-30-45(35-53-55(50,51)52-32-31-47)54-46(49)34-43(10)28-16-26-41(8)24-14-22-39(6)20-12-18-37(3)4/h36-43,45H,11-35,47H2,1-10H3,(H,50,51)/t38?,39?,40?,41?,42?,43?,45-/m1/s1. The first kappa shape index (κ1) is 54.2. The lowest BCUT2D eigenvalue weighted by Crippen LogP contribution is -2.52. The zero-order valence-electron chi connectivity index (χ0n) is 37.9. The van der Waals surface area contributed by atoms with Crippen molar-refractivity contribution in [2.24, 2.45) is 47.3 Å². The first-order valence-electron chi connectivity index (χ1n) is 23.0. The van der Waals surface area contributed by atoms with Gasteiger partial charge in [0.15, 0.2) is 0 Å². The normalized spacial score (nSPS) is 17.1. The molecule has 0 saturated carbocycles. The molecule has 0 aliphatic carbocycles. The SMILES string of the molecule is CC(C)CCCC(C)CCCC(C)CCCC(C)CC(=O)CC[C@H](COP(=O)([O-])OCC[NH3+])OC(=O)CC(C)CCCC(C)CCCC(C)CCCC(C)C. The molecule has 0 bridgehead atoms. The van der Waals surface area contributed by atoms with Crippen molar-refractivity contribution in [1.82, 2.24) is 0 Å². The largest absolute Gasteiger partial charge is 0.756 e. The number of hydrogen-bond acceptors (Lipinski definition) is 7. The van der Waals surface area contributed by atoms with E-state index in [0.29, 0.717) is 18.3 Å². The third kappa shape index (κ3) is 34.9. The molecule has 8 atom stereocenters. The molecule has 55 heavy (non-hydrogen) atoms. The molecule has 7 unspecified atom stereocenters. The van der Waals surface area contributed by atoms with Gasteiger partial charge in [0.2, 0.25) is 0 Å². The molecule has 0 radical (unpaired) electrons. The summed E-state index contributed by atoms with van der Waals surface area (Å²) in [5.41, 5.74) is 3.60. The fourth-order valence-corrected chi connectivity index (χ4v) is 8.46. The number of quaternary nitrogens is 1. The fourth-order valence-electron chi connectivity index (χ4n) is 7.69. The van der Waals surface area contributed by atoms with Gasteiger partial charge in [0.1, 0.15) is 18.5 Å². The molecular weight excluding hydrogens is 709 g/mol. The van der Waals surface area contributed by atoms with E-state index in [1.165, 1.54) is 83.5 Å². The van der Waals surface area contributed by atoms with Crippen molar-refractivity contribution in [3.63, 3.8) is 0 Å². The lowest BCUT2D eigenvalue weighted by molar-refractivity contribution is -0.373. The topological polar surface area (TPSA) is 130 Å². The van der Waals surface area contributed by atoms with Gasteiger partial charge in [0, 0.05) is 19.3 Å². The Balaban J connectivity index is 4.65. The maximum atomic E-state index is 13.0. The van der Waals surface area contributed by atoms with E-state index in [0.717, 1.165) is 55.8 Å². The summed E-state index contributed by atoms with van der Waals surface area (Å²) in [5.74, 6) is 4.75. The van der Waals surface area contributed by atoms with E-state index in [1.54, 1.807) is 0 Å². The van der Waals surface area contributed by atoms with Gasteiger partial charge in [-0.3, -0.25) is 14.2 Å². The highest BCUT2D eigenvalue weighted by Crippen LogP contribution is 2.38. The van der Waals surface area contributed by atoms with Crippen LogP contribution in [0.5, 0.6) is 0 Å². The van der Waals surface area contributed by atoms with E-state index >= 15 is 0 Å². The Labute approximate surface area is 341 Å². The second kappa shape index (κ2) is 33.1. The van der Waals surface area contributed by atoms with Crippen LogP contribution < -0.4 is 10.6 Å². The Morgan fingerprint density at radius 2 is 0.891 bits per heavy atom. The summed E-state index contributed by atoms with van der Waals surface area (Å²) in [5, 5.41) is 0. The molecule has 0 spiro atoms. The Bertz CT molecular complexity index is 991. The number of Topliss-reactive ketones (excluding diaryl/α,β-unsaturated/α-hetero) is 1. The summed E-state index contributed by atoms with van der Waals surface area (Å²) in [6.45, 7) is 22.7. The average Bonchev–Trinajstić information content (AvgIpc) is 3.08. The second-order valence-electron chi connectivity index (χ2n) is 19.0. The predicted octanol–water partition coefficient (Wildman–Crippen LogP) is 11.9. The predicted molar refractivity (Wildman–Crippen MR) is 228 cm³/mol. The van der Waals surface area contributed by atoms with E-state index in [9.17, 15) is 19.0 Å². The van der Waals surface area contributed by atoms with Crippen molar-refractivity contribution in [2.45, 2.75) is 217 Å². The van der Waals surface area contributed by atoms with Crippen LogP contribution in [0.3, 0.4) is 0 Å². The van der Waals surface area contributed by atoms with Crippen molar-refractivity contribution in [3.8, 4) is 0 Å². The third-order valence-corrected chi connectivity index (χ3v) is 12.4. The van der Waals surface area contributed by atoms with E-state index in [1.807, 2.05) is 0 Å². The zero-order valence-corrected chi connectivity index (χ0v) is 38.8. The van der Waals surface area contributed by atoms with Gasteiger partial charge in [-0.1, -0.05) is 185 Å². The molecule has 8 nitrogen and oxygen atoms in total. The van der Waals surface area contributed by atoms with E-state index in [-0.39, 0.29) is 62.6 Å². The lowest BCUT2D eigenvalue weighted by atomic mass is 9.90. The first-order chi connectivity index (χ1) is 25.9. The monoisotopic (exact) mass is 802 g/mol. The number of phosphoric acid groups is 1. The van der Waals surface area contributed by atoms with Crippen LogP contribution in [0.15, 0.2) is 0 Å². The molecule has 0 amide bonds. The molecule has 0 aromatic carbocycles. The molecule has 0 fully saturated rings. The number of esters is 1. The molecule has 0 aromatic rings. The Morgan fingerprint density at radius 1 is 0.527 bits per heavy atom. The zero-order chi connectivity index (χ0) is 41.6. The Kier molecular flexibility index (Phi) is 32.6. The quantitative estimate of drug-likeness (QED) is 0.0486. The molecule has 0 saturated heterocycles. The van der Waals surface area contributed by atoms with Crippen molar-refractivity contribution in [2.75, 3.05) is 19.8 Å². The molecule has 9 heteroatoms. The number of ketones is 1. The minimum Gasteiger partial charge on any atom is -0.756 e. The van der Waals surface area contributed by atoms with Gasteiger partial charge in [-0.25, -0.2) is 0 Å². The minimum atomic E-state index is -4.56. The summed E-state index contributed by atoms with van der Waals surface area (Å²) in [4.78, 5) is 38.2. The highest BCUT2D eigenvalue weighted by Gasteiger charge is 2.22. The van der Waals surface area contributed by atoms with Crippen LogP contribution >= 0.6 is 7.82 Å². The van der Waals surface area contributed by atoms with Crippen LogP contribution in [0.4, 0.5) is 0 Å². The molecule has 0 rings (SSSR count). The molecule has 0 heterocycles. The van der Waals surface area contributed by atoms with E-state index in [2.05, 4.69) is 75.0 Å². The number of ether oxygens (including phenoxy) is 1. The van der Waals surface area contributed by atoms with Crippen LogP contribution in [0.1, 0.15) is 210 Å². The smallest absolute Gasteiger partial charge is 0.306 e. The number of phosphoric ester groups is 1. The summed E-state index contributed by atoms with van der Waals surface area (Å²) in [6, 6.07) is 0. The highest BCUT2D eigenvalue weighted by molar-refractivity contribution is 7.45. The fraction of sp³-hybridized carbons (Fsp3) is 0.957. The second-order valence-corrected chi connectivity index (χ2v) is 20.4. The van der Waals surface area contributed by atoms with Gasteiger partial charge in [-0.2, -0.15) is 0 Å². The van der Waals surface area contributed by atoms with Crippen LogP contribution in [0.2, 0.25) is 0 Å². The van der Waals surface area contributed by atoms with Gasteiger partial charge in [0.05, 0.1) is 13.2 Å². The van der Waals surface area contributed by atoms with Gasteiger partial charge >= 0.3 is 5.97 Å². The molecule has 0 aliphatic heterocycles. The maximum Gasteiger partial charge on any atom is 0.306 e. The summed E-state index contributed by atoms with van der Waals surface area (Å²) < 4.78 is 27.9. The molecular formula is C46H92NO7P. The molecule has 0 aliphatic rings. The van der Waals surface area contributed by atoms with Crippen molar-refractivity contribution >= 4 is 19.6 Å². The van der Waals surface area contributed by atoms with Gasteiger partial charge in [0.25, 0.3) is 7.82 Å². The van der Waals surface area contributed by atoms with Crippen LogP contribution in [0, 0.1) is 47.3 Å². The number of rotatable bonds is 38. The van der Waals surface area contributed by atoms with E-state index in [4.69, 9.17) is 13.8 Å². The number of carbonyl (C=O) groups excluding carboxylic acids is 2. The lowest BCUT2D eigenvalue weighted by Gasteiger charge is -2.25. The van der Waals surface area contributed by atoms with E-state index < -0.39 is 13.9 Å². The average molecular weight is 802 g/mol. The third-order valence-electron chi connectivity index (χ3n) is 11.5. The summed E-state index contributed by atoms with van der Waals surface area (Å²) in [6.07, 6.45) is 22.6. The van der Waals surface area contributed by atoms with Crippen LogP contribution in [-0.2, 0) is 27.9 Å². The van der Waals surface area contributed by atoms with Gasteiger partial charge in [-0.05, 0) is 53.8 Å².